The minimum absolute atomic E-state index is 0.360. The highest BCUT2D eigenvalue weighted by Crippen LogP contribution is 2.01. The number of carbonyl (C=O) groups is 1. The average Bonchev–Trinajstić information content (AvgIpc) is 2.37. The van der Waals surface area contributed by atoms with E-state index >= 15 is 0 Å². The Labute approximate surface area is 65.3 Å². The highest BCUT2D eigenvalue weighted by molar-refractivity contribution is 5.87. The molecule has 1 heterocycles. The van der Waals surface area contributed by atoms with Gasteiger partial charge in [0.15, 0.2) is 0 Å². The van der Waals surface area contributed by atoms with Crippen molar-refractivity contribution in [3.63, 3.8) is 0 Å². The van der Waals surface area contributed by atoms with Crippen molar-refractivity contribution in [1.29, 1.82) is 0 Å². The highest BCUT2D eigenvalue weighted by atomic mass is 16.4. The van der Waals surface area contributed by atoms with Crippen LogP contribution in [0.3, 0.4) is 0 Å². The number of aromatic carboxylic acids is 1. The van der Waals surface area contributed by atoms with Gasteiger partial charge < -0.3 is 9.67 Å². The van der Waals surface area contributed by atoms with Crippen molar-refractivity contribution in [3.05, 3.63) is 24.0 Å². The van der Waals surface area contributed by atoms with Crippen molar-refractivity contribution in [2.45, 2.75) is 19.9 Å². The lowest BCUT2D eigenvalue weighted by Crippen LogP contribution is -1.95. The van der Waals surface area contributed by atoms with Gasteiger partial charge in [-0.15, -0.1) is 0 Å². The minimum Gasteiger partial charge on any atom is -0.478 e. The summed E-state index contributed by atoms with van der Waals surface area (Å²) in [6.45, 7) is 2.94. The maximum absolute atomic E-state index is 10.4. The van der Waals surface area contributed by atoms with Crippen LogP contribution in [0, 0.1) is 0 Å². The lowest BCUT2D eigenvalue weighted by Gasteiger charge is -1.95. The number of rotatable bonds is 3. The second-order valence-electron chi connectivity index (χ2n) is 2.44. The van der Waals surface area contributed by atoms with Crippen LogP contribution in [0.2, 0.25) is 0 Å². The first-order valence-corrected chi connectivity index (χ1v) is 3.63. The van der Waals surface area contributed by atoms with Crippen LogP contribution in [0.1, 0.15) is 23.7 Å². The molecule has 0 bridgehead atoms. The van der Waals surface area contributed by atoms with Gasteiger partial charge in [0.25, 0.3) is 0 Å². The molecular weight excluding hydrogens is 142 g/mol. The fourth-order valence-corrected chi connectivity index (χ4v) is 0.965. The summed E-state index contributed by atoms with van der Waals surface area (Å²) in [5, 5.41) is 8.55. The minimum atomic E-state index is -0.861. The van der Waals surface area contributed by atoms with Gasteiger partial charge >= 0.3 is 5.97 Å². The third kappa shape index (κ3) is 1.83. The predicted molar refractivity (Wildman–Crippen MR) is 41.7 cm³/mol. The van der Waals surface area contributed by atoms with Crippen molar-refractivity contribution in [2.24, 2.45) is 0 Å². The number of carboxylic acids is 1. The zero-order valence-corrected chi connectivity index (χ0v) is 6.45. The summed E-state index contributed by atoms with van der Waals surface area (Å²) in [6.07, 6.45) is 4.45. The zero-order valence-electron chi connectivity index (χ0n) is 6.45. The third-order valence-electron chi connectivity index (χ3n) is 1.48. The zero-order chi connectivity index (χ0) is 8.27. The van der Waals surface area contributed by atoms with Crippen molar-refractivity contribution < 1.29 is 9.90 Å². The summed E-state index contributed by atoms with van der Waals surface area (Å²) in [7, 11) is 0. The first-order valence-electron chi connectivity index (χ1n) is 3.63. The molecule has 0 saturated heterocycles. The van der Waals surface area contributed by atoms with Crippen molar-refractivity contribution in [1.82, 2.24) is 4.57 Å². The Morgan fingerprint density at radius 1 is 1.73 bits per heavy atom. The largest absolute Gasteiger partial charge is 0.478 e. The molecule has 0 atom stereocenters. The molecule has 1 aromatic rings. The molecule has 0 aliphatic carbocycles. The molecule has 0 radical (unpaired) electrons. The molecule has 1 aromatic heterocycles. The van der Waals surface area contributed by atoms with Gasteiger partial charge in [-0.1, -0.05) is 6.92 Å². The molecule has 0 spiro atoms. The summed E-state index contributed by atoms with van der Waals surface area (Å²) >= 11 is 0. The van der Waals surface area contributed by atoms with Gasteiger partial charge in [0, 0.05) is 18.9 Å². The maximum atomic E-state index is 10.4. The van der Waals surface area contributed by atoms with E-state index < -0.39 is 5.97 Å². The van der Waals surface area contributed by atoms with E-state index in [0.29, 0.717) is 5.56 Å². The Balaban J connectivity index is 2.73. The summed E-state index contributed by atoms with van der Waals surface area (Å²) < 4.78 is 1.88. The van der Waals surface area contributed by atoms with Crippen molar-refractivity contribution in [3.8, 4) is 0 Å². The van der Waals surface area contributed by atoms with Gasteiger partial charge in [0.1, 0.15) is 0 Å². The fourth-order valence-electron chi connectivity index (χ4n) is 0.965. The normalized spacial score (nSPS) is 9.91. The molecule has 0 aliphatic rings. The summed E-state index contributed by atoms with van der Waals surface area (Å²) in [6, 6.07) is 1.61. The smallest absolute Gasteiger partial charge is 0.337 e. The standard InChI is InChI=1S/C8H11NO2/c1-2-4-9-5-3-7(6-9)8(10)11/h3,5-6H,2,4H2,1H3,(H,10,11). The van der Waals surface area contributed by atoms with E-state index in [1.54, 1.807) is 18.5 Å². The molecule has 3 nitrogen and oxygen atoms in total. The third-order valence-corrected chi connectivity index (χ3v) is 1.48. The van der Waals surface area contributed by atoms with Gasteiger partial charge in [-0.2, -0.15) is 0 Å². The lowest BCUT2D eigenvalue weighted by atomic mass is 10.4. The van der Waals surface area contributed by atoms with E-state index in [0.717, 1.165) is 13.0 Å². The summed E-state index contributed by atoms with van der Waals surface area (Å²) in [5.41, 5.74) is 0.360. The van der Waals surface area contributed by atoms with E-state index in [1.165, 1.54) is 0 Å². The Morgan fingerprint density at radius 3 is 2.91 bits per heavy atom. The van der Waals surface area contributed by atoms with Crippen molar-refractivity contribution >= 4 is 5.97 Å². The van der Waals surface area contributed by atoms with E-state index in [1.807, 2.05) is 4.57 Å². The van der Waals surface area contributed by atoms with E-state index in [-0.39, 0.29) is 0 Å². The Bertz CT molecular complexity index is 252. The van der Waals surface area contributed by atoms with Crippen LogP contribution in [0.4, 0.5) is 0 Å². The first kappa shape index (κ1) is 7.85. The monoisotopic (exact) mass is 153 g/mol. The molecule has 0 aromatic carbocycles. The van der Waals surface area contributed by atoms with Crippen LogP contribution in [-0.2, 0) is 6.54 Å². The molecule has 0 aliphatic heterocycles. The number of hydrogen-bond donors (Lipinski definition) is 1. The van der Waals surface area contributed by atoms with E-state index in [2.05, 4.69) is 6.92 Å². The fraction of sp³-hybridized carbons (Fsp3) is 0.375. The molecular formula is C8H11NO2. The van der Waals surface area contributed by atoms with Gasteiger partial charge in [-0.25, -0.2) is 4.79 Å². The second kappa shape index (κ2) is 3.23. The summed E-state index contributed by atoms with van der Waals surface area (Å²) in [4.78, 5) is 10.4. The molecule has 1 N–H and O–H groups in total. The highest BCUT2D eigenvalue weighted by Gasteiger charge is 2.02. The van der Waals surface area contributed by atoms with Crippen LogP contribution >= 0.6 is 0 Å². The number of carboxylic acid groups (broad SMARTS) is 1. The van der Waals surface area contributed by atoms with Crippen molar-refractivity contribution in [2.75, 3.05) is 0 Å². The van der Waals surface area contributed by atoms with Crippen LogP contribution in [0.5, 0.6) is 0 Å². The Morgan fingerprint density at radius 2 is 2.45 bits per heavy atom. The second-order valence-corrected chi connectivity index (χ2v) is 2.44. The number of nitrogens with zero attached hydrogens (tertiary/aromatic N) is 1. The lowest BCUT2D eigenvalue weighted by molar-refractivity contribution is 0.0697. The molecule has 0 fully saturated rings. The number of aromatic nitrogens is 1. The Kier molecular flexibility index (Phi) is 2.31. The van der Waals surface area contributed by atoms with Crippen LogP contribution in [-0.4, -0.2) is 15.6 Å². The SMILES string of the molecule is CCCn1ccc(C(=O)O)c1. The molecule has 11 heavy (non-hydrogen) atoms. The predicted octanol–water partition coefficient (Wildman–Crippen LogP) is 1.60. The number of aryl methyl sites for hydroxylation is 1. The summed E-state index contributed by atoms with van der Waals surface area (Å²) in [5.74, 6) is -0.861. The average molecular weight is 153 g/mol. The van der Waals surface area contributed by atoms with E-state index in [4.69, 9.17) is 5.11 Å². The number of hydrogen-bond acceptors (Lipinski definition) is 1. The molecule has 3 heteroatoms. The van der Waals surface area contributed by atoms with E-state index in [9.17, 15) is 4.79 Å². The van der Waals surface area contributed by atoms with Crippen LogP contribution in [0.25, 0.3) is 0 Å². The Hall–Kier alpha value is -1.25. The molecule has 60 valence electrons. The van der Waals surface area contributed by atoms with Gasteiger partial charge in [0.05, 0.1) is 5.56 Å². The quantitative estimate of drug-likeness (QED) is 0.716. The first-order chi connectivity index (χ1) is 5.24. The maximum Gasteiger partial charge on any atom is 0.337 e. The van der Waals surface area contributed by atoms with Crippen LogP contribution in [0.15, 0.2) is 18.5 Å². The van der Waals surface area contributed by atoms with Gasteiger partial charge in [-0.05, 0) is 12.5 Å². The molecule has 1 rings (SSSR count). The molecule has 0 amide bonds. The molecule has 0 saturated carbocycles. The van der Waals surface area contributed by atoms with Gasteiger partial charge in [-0.3, -0.25) is 0 Å². The van der Waals surface area contributed by atoms with Crippen LogP contribution < -0.4 is 0 Å². The van der Waals surface area contributed by atoms with Gasteiger partial charge in [0.2, 0.25) is 0 Å². The molecule has 0 unspecified atom stereocenters. The topological polar surface area (TPSA) is 42.2 Å².